The average molecular weight is 314 g/mol. The third-order valence-electron chi connectivity index (χ3n) is 3.12. The Morgan fingerprint density at radius 1 is 1.14 bits per heavy atom. The number of hydrogen-bond donors (Lipinski definition) is 1. The lowest BCUT2D eigenvalue weighted by atomic mass is 9.97. The molecule has 1 rings (SSSR count). The van der Waals surface area contributed by atoms with Crippen molar-refractivity contribution in [1.82, 2.24) is 9.80 Å². The molecular formula is C15H20F2N2O3. The summed E-state index contributed by atoms with van der Waals surface area (Å²) in [5.74, 6) is -2.73. The number of halogens is 2. The van der Waals surface area contributed by atoms with E-state index in [1.807, 2.05) is 0 Å². The summed E-state index contributed by atoms with van der Waals surface area (Å²) < 4.78 is 26.6. The zero-order chi connectivity index (χ0) is 17.2. The van der Waals surface area contributed by atoms with Crippen LogP contribution in [0.3, 0.4) is 0 Å². The van der Waals surface area contributed by atoms with Crippen molar-refractivity contribution in [2.24, 2.45) is 0 Å². The fraction of sp³-hybridized carbons (Fsp3) is 0.467. The van der Waals surface area contributed by atoms with Crippen molar-refractivity contribution in [2.45, 2.75) is 32.4 Å². The van der Waals surface area contributed by atoms with Gasteiger partial charge in [0.15, 0.2) is 11.6 Å². The highest BCUT2D eigenvalue weighted by atomic mass is 19.2. The highest BCUT2D eigenvalue weighted by molar-refractivity contribution is 5.86. The summed E-state index contributed by atoms with van der Waals surface area (Å²) in [7, 11) is 2.94. The maximum Gasteiger partial charge on any atom is 0.408 e. The molecule has 5 nitrogen and oxygen atoms in total. The minimum absolute atomic E-state index is 0.0786. The van der Waals surface area contributed by atoms with E-state index in [4.69, 9.17) is 0 Å². The summed E-state index contributed by atoms with van der Waals surface area (Å²) >= 11 is 0. The molecule has 0 saturated carbocycles. The van der Waals surface area contributed by atoms with E-state index in [0.717, 1.165) is 17.0 Å². The van der Waals surface area contributed by atoms with Gasteiger partial charge in [0.1, 0.15) is 6.04 Å². The molecule has 7 heteroatoms. The Hall–Kier alpha value is -2.18. The second kappa shape index (κ2) is 6.29. The van der Waals surface area contributed by atoms with Crippen LogP contribution in [0.1, 0.15) is 32.4 Å². The monoisotopic (exact) mass is 314 g/mol. The van der Waals surface area contributed by atoms with Gasteiger partial charge in [-0.2, -0.15) is 0 Å². The maximum atomic E-state index is 13.5. The van der Waals surface area contributed by atoms with Gasteiger partial charge in [0.25, 0.3) is 0 Å². The van der Waals surface area contributed by atoms with Crippen molar-refractivity contribution in [1.29, 1.82) is 0 Å². The molecule has 1 aromatic carbocycles. The lowest BCUT2D eigenvalue weighted by Crippen LogP contribution is -2.51. The van der Waals surface area contributed by atoms with Crippen LogP contribution in [0.2, 0.25) is 0 Å². The molecule has 0 aliphatic carbocycles. The van der Waals surface area contributed by atoms with Gasteiger partial charge in [-0.15, -0.1) is 0 Å². The molecule has 0 radical (unpaired) electrons. The van der Waals surface area contributed by atoms with E-state index >= 15 is 0 Å². The first kappa shape index (κ1) is 17.9. The van der Waals surface area contributed by atoms with Crippen molar-refractivity contribution in [3.8, 4) is 0 Å². The Balaban J connectivity index is 3.49. The predicted octanol–water partition coefficient (Wildman–Crippen LogP) is 2.87. The summed E-state index contributed by atoms with van der Waals surface area (Å²) in [6.45, 7) is 4.87. The van der Waals surface area contributed by atoms with Crippen LogP contribution >= 0.6 is 0 Å². The number of carbonyl (C=O) groups excluding carboxylic acids is 1. The highest BCUT2D eigenvalue weighted by Gasteiger charge is 2.39. The smallest absolute Gasteiger partial charge is 0.408 e. The average Bonchev–Trinajstić information content (AvgIpc) is 2.36. The van der Waals surface area contributed by atoms with Crippen molar-refractivity contribution in [3.63, 3.8) is 0 Å². The molecule has 1 atom stereocenters. The van der Waals surface area contributed by atoms with Crippen molar-refractivity contribution in [2.75, 3.05) is 14.1 Å². The Morgan fingerprint density at radius 3 is 2.05 bits per heavy atom. The van der Waals surface area contributed by atoms with Gasteiger partial charge < -0.3 is 10.0 Å². The van der Waals surface area contributed by atoms with Gasteiger partial charge in [-0.25, -0.2) is 13.6 Å². The van der Waals surface area contributed by atoms with Gasteiger partial charge in [0, 0.05) is 19.6 Å². The Labute approximate surface area is 128 Å². The molecule has 0 aliphatic heterocycles. The van der Waals surface area contributed by atoms with Crippen LogP contribution in [0, 0.1) is 11.6 Å². The van der Waals surface area contributed by atoms with Crippen molar-refractivity contribution < 1.29 is 23.5 Å². The number of hydrogen-bond acceptors (Lipinski definition) is 2. The van der Waals surface area contributed by atoms with Crippen LogP contribution in [-0.4, -0.2) is 46.5 Å². The van der Waals surface area contributed by atoms with E-state index in [1.165, 1.54) is 25.1 Å². The Morgan fingerprint density at radius 2 is 1.68 bits per heavy atom. The molecule has 1 aromatic rings. The number of likely N-dealkylation sites (N-methyl/N-ethyl adjacent to an activating group) is 1. The number of rotatable bonds is 3. The fourth-order valence-electron chi connectivity index (χ4n) is 2.11. The van der Waals surface area contributed by atoms with Gasteiger partial charge in [0.2, 0.25) is 5.91 Å². The molecule has 0 aromatic heterocycles. The lowest BCUT2D eigenvalue weighted by Gasteiger charge is -2.39. The van der Waals surface area contributed by atoms with Gasteiger partial charge in [0.05, 0.1) is 0 Å². The van der Waals surface area contributed by atoms with Crippen molar-refractivity contribution in [3.05, 3.63) is 35.4 Å². The zero-order valence-electron chi connectivity index (χ0n) is 13.2. The topological polar surface area (TPSA) is 60.9 Å². The zero-order valence-corrected chi connectivity index (χ0v) is 13.2. The summed E-state index contributed by atoms with van der Waals surface area (Å²) in [4.78, 5) is 26.2. The third-order valence-corrected chi connectivity index (χ3v) is 3.12. The highest BCUT2D eigenvalue weighted by Crippen LogP contribution is 2.30. The quantitative estimate of drug-likeness (QED) is 0.933. The SMILES string of the molecule is CN(C)C(=O)C(c1ccc(F)c(F)c1)N(C(=O)O)C(C)(C)C. The van der Waals surface area contributed by atoms with E-state index in [2.05, 4.69) is 0 Å². The number of carboxylic acid groups (broad SMARTS) is 1. The van der Waals surface area contributed by atoms with Gasteiger partial charge in [-0.05, 0) is 38.5 Å². The molecule has 0 heterocycles. The minimum atomic E-state index is -1.32. The standard InChI is InChI=1S/C15H20F2N2O3/c1-15(2,3)19(14(21)22)12(13(20)18(4)5)9-6-7-10(16)11(17)8-9/h6-8,12H,1-5H3,(H,21,22). The number of amides is 2. The van der Waals surface area contributed by atoms with Crippen molar-refractivity contribution >= 4 is 12.0 Å². The first-order chi connectivity index (χ1) is 9.96. The molecule has 0 spiro atoms. The lowest BCUT2D eigenvalue weighted by molar-refractivity contribution is -0.136. The molecular weight excluding hydrogens is 294 g/mol. The van der Waals surface area contributed by atoms with Gasteiger partial charge >= 0.3 is 6.09 Å². The summed E-state index contributed by atoms with van der Waals surface area (Å²) in [5, 5.41) is 9.48. The molecule has 1 N–H and O–H groups in total. The molecule has 2 amide bonds. The number of nitrogens with zero attached hydrogens (tertiary/aromatic N) is 2. The second-order valence-electron chi connectivity index (χ2n) is 6.13. The minimum Gasteiger partial charge on any atom is -0.465 e. The number of benzene rings is 1. The van der Waals surface area contributed by atoms with E-state index in [1.54, 1.807) is 20.8 Å². The molecule has 22 heavy (non-hydrogen) atoms. The Bertz CT molecular complexity index is 583. The van der Waals surface area contributed by atoms with E-state index < -0.39 is 35.2 Å². The van der Waals surface area contributed by atoms with Crippen LogP contribution in [0.4, 0.5) is 13.6 Å². The third kappa shape index (κ3) is 3.72. The van der Waals surface area contributed by atoms with Crippen LogP contribution in [0.15, 0.2) is 18.2 Å². The Kier molecular flexibility index (Phi) is 5.11. The van der Waals surface area contributed by atoms with E-state index in [0.29, 0.717) is 0 Å². The molecule has 0 fully saturated rings. The first-order valence-corrected chi connectivity index (χ1v) is 6.65. The van der Waals surface area contributed by atoms with E-state index in [-0.39, 0.29) is 5.56 Å². The molecule has 0 saturated heterocycles. The molecule has 1 unspecified atom stereocenters. The number of carbonyl (C=O) groups is 2. The largest absolute Gasteiger partial charge is 0.465 e. The normalized spacial score (nSPS) is 12.7. The fourth-order valence-corrected chi connectivity index (χ4v) is 2.11. The summed E-state index contributed by atoms with van der Waals surface area (Å²) in [6, 6.07) is 1.68. The summed E-state index contributed by atoms with van der Waals surface area (Å²) in [6.07, 6.45) is -1.32. The van der Waals surface area contributed by atoms with Gasteiger partial charge in [-0.3, -0.25) is 9.69 Å². The maximum absolute atomic E-state index is 13.5. The molecule has 0 bridgehead atoms. The molecule has 0 aliphatic rings. The van der Waals surface area contributed by atoms with Crippen LogP contribution in [-0.2, 0) is 4.79 Å². The summed E-state index contributed by atoms with van der Waals surface area (Å²) in [5.41, 5.74) is -0.831. The van der Waals surface area contributed by atoms with Crippen LogP contribution in [0.5, 0.6) is 0 Å². The van der Waals surface area contributed by atoms with Gasteiger partial charge in [-0.1, -0.05) is 6.07 Å². The second-order valence-corrected chi connectivity index (χ2v) is 6.13. The molecule has 122 valence electrons. The predicted molar refractivity (Wildman–Crippen MR) is 77.4 cm³/mol. The van der Waals surface area contributed by atoms with E-state index in [9.17, 15) is 23.5 Å². The van der Waals surface area contributed by atoms with Crippen LogP contribution in [0.25, 0.3) is 0 Å². The first-order valence-electron chi connectivity index (χ1n) is 6.65. The van der Waals surface area contributed by atoms with Crippen LogP contribution < -0.4 is 0 Å².